The van der Waals surface area contributed by atoms with E-state index in [9.17, 15) is 26.4 Å². The normalized spacial score (nSPS) is 11.7. The van der Waals surface area contributed by atoms with Crippen LogP contribution in [0.25, 0.3) is 0 Å². The Bertz CT molecular complexity index is 1270. The van der Waals surface area contributed by atoms with Gasteiger partial charge in [0.25, 0.3) is 0 Å². The largest absolute Gasteiger partial charge is 0.497 e. The van der Waals surface area contributed by atoms with Gasteiger partial charge < -0.3 is 14.8 Å². The van der Waals surface area contributed by atoms with Gasteiger partial charge in [0, 0.05) is 12.5 Å². The maximum absolute atomic E-state index is 13.2. The van der Waals surface area contributed by atoms with E-state index < -0.39 is 39.7 Å². The fourth-order valence-corrected chi connectivity index (χ4v) is 4.23. The monoisotopic (exact) mass is 493 g/mol. The highest BCUT2D eigenvalue weighted by atomic mass is 32.2. The van der Waals surface area contributed by atoms with E-state index >= 15 is 0 Å². The molecule has 0 heterocycles. The van der Waals surface area contributed by atoms with Crippen molar-refractivity contribution in [3.63, 3.8) is 0 Å². The van der Waals surface area contributed by atoms with Crippen molar-refractivity contribution >= 4 is 21.4 Å². The number of carbonyl (C=O) groups excluding carboxylic acids is 1. The molecule has 0 radical (unpaired) electrons. The van der Waals surface area contributed by atoms with Gasteiger partial charge in [0.05, 0.1) is 29.0 Å². The second-order valence-electron chi connectivity index (χ2n) is 7.42. The lowest BCUT2D eigenvalue weighted by molar-refractivity contribution is -0.137. The van der Waals surface area contributed by atoms with Crippen molar-refractivity contribution in [1.82, 2.24) is 0 Å². The highest BCUT2D eigenvalue weighted by Gasteiger charge is 2.31. The van der Waals surface area contributed by atoms with E-state index in [1.807, 2.05) is 6.92 Å². The fraction of sp³-hybridized carbons (Fsp3) is 0.208. The first-order chi connectivity index (χ1) is 16.0. The van der Waals surface area contributed by atoms with Crippen LogP contribution in [0.3, 0.4) is 0 Å². The topological polar surface area (TPSA) is 81.7 Å². The van der Waals surface area contributed by atoms with E-state index in [0.717, 1.165) is 23.8 Å². The summed E-state index contributed by atoms with van der Waals surface area (Å²) in [7, 11) is -2.30. The molecule has 10 heteroatoms. The maximum atomic E-state index is 13.2. The van der Waals surface area contributed by atoms with Crippen molar-refractivity contribution in [2.45, 2.75) is 24.4 Å². The van der Waals surface area contributed by atoms with Gasteiger partial charge in [-0.15, -0.1) is 0 Å². The summed E-state index contributed by atoms with van der Waals surface area (Å²) in [6.45, 7) is 1.81. The number of sulfone groups is 1. The van der Waals surface area contributed by atoms with Crippen LogP contribution in [0, 0.1) is 6.92 Å². The third-order valence-electron chi connectivity index (χ3n) is 4.83. The molecule has 34 heavy (non-hydrogen) atoms. The Kier molecular flexibility index (Phi) is 7.51. The minimum Gasteiger partial charge on any atom is -0.497 e. The van der Waals surface area contributed by atoms with Crippen LogP contribution in [0.5, 0.6) is 17.2 Å². The van der Waals surface area contributed by atoms with Gasteiger partial charge in [-0.1, -0.05) is 23.8 Å². The number of ether oxygens (including phenoxy) is 2. The number of halogens is 3. The molecule has 3 aromatic rings. The van der Waals surface area contributed by atoms with Crippen molar-refractivity contribution in [2.75, 3.05) is 18.2 Å². The number of alkyl halides is 3. The molecule has 6 nitrogen and oxygen atoms in total. The Balaban J connectivity index is 1.80. The van der Waals surface area contributed by atoms with Crippen LogP contribution < -0.4 is 14.8 Å². The van der Waals surface area contributed by atoms with Crippen LogP contribution in [0.15, 0.2) is 71.6 Å². The molecule has 3 rings (SSSR count). The molecule has 0 spiro atoms. The van der Waals surface area contributed by atoms with Gasteiger partial charge in [-0.3, -0.25) is 4.79 Å². The number of rotatable bonds is 8. The number of aryl methyl sites for hydroxylation is 1. The van der Waals surface area contributed by atoms with Gasteiger partial charge >= 0.3 is 6.18 Å². The molecule has 1 amide bonds. The average Bonchev–Trinajstić information content (AvgIpc) is 2.78. The molecule has 3 aromatic carbocycles. The average molecular weight is 494 g/mol. The van der Waals surface area contributed by atoms with Crippen LogP contribution in [-0.2, 0) is 20.8 Å². The molecule has 0 atom stereocenters. The van der Waals surface area contributed by atoms with E-state index in [-0.39, 0.29) is 22.1 Å². The van der Waals surface area contributed by atoms with Crippen LogP contribution in [0.1, 0.15) is 17.5 Å². The standard InChI is InChI=1S/C24H22F3NO5S/c1-16-6-9-20(10-7-16)34(30,31)13-12-23(29)28-21-14-17(24(25,26)27)8-11-22(21)33-19-5-3-4-18(15-19)32-2/h3-11,14-15H,12-13H2,1-2H3,(H,28,29). The lowest BCUT2D eigenvalue weighted by atomic mass is 10.1. The Labute approximate surface area is 195 Å². The van der Waals surface area contributed by atoms with Crippen LogP contribution in [0.2, 0.25) is 0 Å². The number of hydrogen-bond acceptors (Lipinski definition) is 5. The first-order valence-corrected chi connectivity index (χ1v) is 11.8. The fourth-order valence-electron chi connectivity index (χ4n) is 2.99. The first-order valence-electron chi connectivity index (χ1n) is 10.1. The summed E-state index contributed by atoms with van der Waals surface area (Å²) in [6, 6.07) is 15.2. The summed E-state index contributed by atoms with van der Waals surface area (Å²) in [5, 5.41) is 2.35. The molecule has 0 bridgehead atoms. The number of amides is 1. The van der Waals surface area contributed by atoms with E-state index in [0.29, 0.717) is 5.75 Å². The van der Waals surface area contributed by atoms with E-state index in [1.165, 1.54) is 25.3 Å². The highest BCUT2D eigenvalue weighted by Crippen LogP contribution is 2.37. The summed E-state index contributed by atoms with van der Waals surface area (Å²) >= 11 is 0. The Morgan fingerprint density at radius 1 is 0.971 bits per heavy atom. The van der Waals surface area contributed by atoms with Crippen molar-refractivity contribution in [1.29, 1.82) is 0 Å². The molecule has 0 aliphatic heterocycles. The summed E-state index contributed by atoms with van der Waals surface area (Å²) in [4.78, 5) is 12.5. The van der Waals surface area contributed by atoms with Gasteiger partial charge in [-0.2, -0.15) is 13.2 Å². The summed E-state index contributed by atoms with van der Waals surface area (Å²) in [6.07, 6.45) is -5.10. The zero-order chi connectivity index (χ0) is 24.9. The third-order valence-corrected chi connectivity index (χ3v) is 6.56. The van der Waals surface area contributed by atoms with Gasteiger partial charge in [-0.25, -0.2) is 8.42 Å². The maximum Gasteiger partial charge on any atom is 0.416 e. The van der Waals surface area contributed by atoms with Crippen LogP contribution in [-0.4, -0.2) is 27.2 Å². The Hall–Kier alpha value is -3.53. The summed E-state index contributed by atoms with van der Waals surface area (Å²) < 4.78 is 75.4. The molecule has 0 aromatic heterocycles. The second-order valence-corrected chi connectivity index (χ2v) is 9.53. The van der Waals surface area contributed by atoms with E-state index in [2.05, 4.69) is 5.32 Å². The third kappa shape index (κ3) is 6.50. The van der Waals surface area contributed by atoms with Crippen molar-refractivity contribution in [2.24, 2.45) is 0 Å². The zero-order valence-corrected chi connectivity index (χ0v) is 19.2. The van der Waals surface area contributed by atoms with E-state index in [1.54, 1.807) is 30.3 Å². The number of nitrogens with one attached hydrogen (secondary N) is 1. The first kappa shape index (κ1) is 25.1. The predicted octanol–water partition coefficient (Wildman–Crippen LogP) is 5.62. The molecule has 0 saturated heterocycles. The van der Waals surface area contributed by atoms with Crippen molar-refractivity contribution in [3.8, 4) is 17.2 Å². The SMILES string of the molecule is COc1cccc(Oc2ccc(C(F)(F)F)cc2NC(=O)CCS(=O)(=O)c2ccc(C)cc2)c1. The Morgan fingerprint density at radius 2 is 1.65 bits per heavy atom. The van der Waals surface area contributed by atoms with Gasteiger partial charge in [0.2, 0.25) is 5.91 Å². The van der Waals surface area contributed by atoms with Crippen molar-refractivity contribution < 1.29 is 35.9 Å². The number of hydrogen-bond donors (Lipinski definition) is 1. The zero-order valence-electron chi connectivity index (χ0n) is 18.3. The highest BCUT2D eigenvalue weighted by molar-refractivity contribution is 7.91. The van der Waals surface area contributed by atoms with Gasteiger partial charge in [-0.05, 0) is 49.4 Å². The minimum absolute atomic E-state index is 0.0454. The molecular formula is C24H22F3NO5S. The summed E-state index contributed by atoms with van der Waals surface area (Å²) in [5.74, 6) is -0.582. The lowest BCUT2D eigenvalue weighted by Crippen LogP contribution is -2.18. The minimum atomic E-state index is -4.65. The Morgan fingerprint density at radius 3 is 2.29 bits per heavy atom. The van der Waals surface area contributed by atoms with Crippen LogP contribution in [0.4, 0.5) is 18.9 Å². The smallest absolute Gasteiger partial charge is 0.416 e. The molecule has 0 saturated carbocycles. The lowest BCUT2D eigenvalue weighted by Gasteiger charge is -2.15. The van der Waals surface area contributed by atoms with E-state index in [4.69, 9.17) is 9.47 Å². The number of methoxy groups -OCH3 is 1. The second kappa shape index (κ2) is 10.2. The molecule has 0 fully saturated rings. The molecule has 0 unspecified atom stereocenters. The van der Waals surface area contributed by atoms with Crippen LogP contribution >= 0.6 is 0 Å². The summed E-state index contributed by atoms with van der Waals surface area (Å²) in [5.41, 5.74) is -0.353. The van der Waals surface area contributed by atoms with Gasteiger partial charge in [0.1, 0.15) is 11.5 Å². The quantitative estimate of drug-likeness (QED) is 0.441. The number of anilines is 1. The molecule has 0 aliphatic rings. The number of benzene rings is 3. The molecule has 0 aliphatic carbocycles. The molecular weight excluding hydrogens is 471 g/mol. The van der Waals surface area contributed by atoms with Crippen molar-refractivity contribution in [3.05, 3.63) is 77.9 Å². The molecule has 1 N–H and O–H groups in total. The predicted molar refractivity (Wildman–Crippen MR) is 121 cm³/mol. The number of carbonyl (C=O) groups is 1. The molecule has 180 valence electrons. The van der Waals surface area contributed by atoms with Gasteiger partial charge in [0.15, 0.2) is 15.6 Å².